The SMILES string of the molecule is CCOc1ccc(/C=C/C(=O)OC(C)C(=O)NC(C)c2ccccc2)cc1. The molecule has 2 aromatic carbocycles. The van der Waals surface area contributed by atoms with Gasteiger partial charge in [0.2, 0.25) is 0 Å². The summed E-state index contributed by atoms with van der Waals surface area (Å²) in [5, 5.41) is 2.84. The molecule has 1 amide bonds. The molecule has 27 heavy (non-hydrogen) atoms. The van der Waals surface area contributed by atoms with Gasteiger partial charge >= 0.3 is 5.97 Å². The Balaban J connectivity index is 1.84. The molecule has 2 atom stereocenters. The highest BCUT2D eigenvalue weighted by Gasteiger charge is 2.18. The van der Waals surface area contributed by atoms with Gasteiger partial charge in [0, 0.05) is 6.08 Å². The first kappa shape index (κ1) is 20.2. The Morgan fingerprint density at radius 2 is 1.70 bits per heavy atom. The Morgan fingerprint density at radius 3 is 2.33 bits per heavy atom. The largest absolute Gasteiger partial charge is 0.494 e. The summed E-state index contributed by atoms with van der Waals surface area (Å²) in [6.45, 7) is 5.95. The monoisotopic (exact) mass is 367 g/mol. The van der Waals surface area contributed by atoms with E-state index in [1.807, 2.05) is 68.4 Å². The van der Waals surface area contributed by atoms with Crippen LogP contribution in [0.2, 0.25) is 0 Å². The maximum absolute atomic E-state index is 12.2. The van der Waals surface area contributed by atoms with Crippen LogP contribution >= 0.6 is 0 Å². The van der Waals surface area contributed by atoms with Crippen molar-refractivity contribution in [1.82, 2.24) is 5.32 Å². The van der Waals surface area contributed by atoms with Crippen LogP contribution in [-0.2, 0) is 14.3 Å². The summed E-state index contributed by atoms with van der Waals surface area (Å²) in [5.74, 6) is -0.136. The Hall–Kier alpha value is -3.08. The molecule has 0 spiro atoms. The van der Waals surface area contributed by atoms with Crippen LogP contribution in [0, 0.1) is 0 Å². The van der Waals surface area contributed by atoms with E-state index < -0.39 is 12.1 Å². The van der Waals surface area contributed by atoms with Crippen LogP contribution in [0.1, 0.15) is 37.9 Å². The maximum atomic E-state index is 12.2. The van der Waals surface area contributed by atoms with Crippen molar-refractivity contribution in [2.24, 2.45) is 0 Å². The fourth-order valence-corrected chi connectivity index (χ4v) is 2.43. The number of benzene rings is 2. The molecule has 0 saturated heterocycles. The molecule has 5 heteroatoms. The summed E-state index contributed by atoms with van der Waals surface area (Å²) >= 11 is 0. The van der Waals surface area contributed by atoms with Gasteiger partial charge in [-0.05, 0) is 50.1 Å². The topological polar surface area (TPSA) is 64.6 Å². The molecule has 2 rings (SSSR count). The molecule has 142 valence electrons. The Labute approximate surface area is 160 Å². The van der Waals surface area contributed by atoms with E-state index in [2.05, 4.69) is 5.32 Å². The van der Waals surface area contributed by atoms with Crippen molar-refractivity contribution < 1.29 is 19.1 Å². The molecule has 0 aliphatic heterocycles. The maximum Gasteiger partial charge on any atom is 0.331 e. The van der Waals surface area contributed by atoms with Gasteiger partial charge in [-0.15, -0.1) is 0 Å². The molecular weight excluding hydrogens is 342 g/mol. The summed E-state index contributed by atoms with van der Waals surface area (Å²) < 4.78 is 10.5. The minimum absolute atomic E-state index is 0.167. The number of carbonyl (C=O) groups is 2. The third kappa shape index (κ3) is 6.62. The Kier molecular flexibility index (Phi) is 7.62. The fourth-order valence-electron chi connectivity index (χ4n) is 2.43. The van der Waals surface area contributed by atoms with E-state index >= 15 is 0 Å². The molecule has 0 saturated carbocycles. The first-order valence-corrected chi connectivity index (χ1v) is 8.96. The number of ether oxygens (including phenoxy) is 2. The zero-order chi connectivity index (χ0) is 19.6. The number of hydrogen-bond acceptors (Lipinski definition) is 4. The smallest absolute Gasteiger partial charge is 0.331 e. The van der Waals surface area contributed by atoms with Crippen LogP contribution in [0.3, 0.4) is 0 Å². The van der Waals surface area contributed by atoms with E-state index in [9.17, 15) is 9.59 Å². The van der Waals surface area contributed by atoms with Crippen LogP contribution in [0.4, 0.5) is 0 Å². The number of carbonyl (C=O) groups excluding carboxylic acids is 2. The van der Waals surface area contributed by atoms with Gasteiger partial charge in [-0.1, -0.05) is 42.5 Å². The van der Waals surface area contributed by atoms with E-state index in [0.717, 1.165) is 16.9 Å². The summed E-state index contributed by atoms with van der Waals surface area (Å²) in [7, 11) is 0. The first-order valence-electron chi connectivity index (χ1n) is 8.96. The quantitative estimate of drug-likeness (QED) is 0.568. The van der Waals surface area contributed by atoms with E-state index in [1.54, 1.807) is 13.0 Å². The molecule has 0 aliphatic carbocycles. The minimum Gasteiger partial charge on any atom is -0.494 e. The molecule has 0 heterocycles. The summed E-state index contributed by atoms with van der Waals surface area (Å²) in [5.41, 5.74) is 1.82. The molecule has 5 nitrogen and oxygen atoms in total. The number of esters is 1. The van der Waals surface area contributed by atoms with Gasteiger partial charge in [0.15, 0.2) is 6.10 Å². The number of nitrogens with one attached hydrogen (secondary N) is 1. The van der Waals surface area contributed by atoms with Crippen LogP contribution in [0.5, 0.6) is 5.75 Å². The van der Waals surface area contributed by atoms with Crippen molar-refractivity contribution >= 4 is 18.0 Å². The summed E-state index contributed by atoms with van der Waals surface area (Å²) in [6, 6.07) is 16.8. The van der Waals surface area contributed by atoms with Crippen molar-refractivity contribution in [3.05, 3.63) is 71.8 Å². The van der Waals surface area contributed by atoms with E-state index in [4.69, 9.17) is 9.47 Å². The van der Waals surface area contributed by atoms with Crippen molar-refractivity contribution in [2.75, 3.05) is 6.61 Å². The second-order valence-corrected chi connectivity index (χ2v) is 6.06. The average molecular weight is 367 g/mol. The molecule has 0 fully saturated rings. The van der Waals surface area contributed by atoms with Gasteiger partial charge in [0.25, 0.3) is 5.91 Å². The molecule has 2 aromatic rings. The van der Waals surface area contributed by atoms with Crippen LogP contribution in [0.15, 0.2) is 60.7 Å². The van der Waals surface area contributed by atoms with Gasteiger partial charge in [0.05, 0.1) is 12.6 Å². The van der Waals surface area contributed by atoms with Gasteiger partial charge in [-0.25, -0.2) is 4.79 Å². The van der Waals surface area contributed by atoms with Gasteiger partial charge in [-0.2, -0.15) is 0 Å². The standard InChI is InChI=1S/C22H25NO4/c1-4-26-20-13-10-18(11-14-20)12-15-21(24)27-17(3)22(25)23-16(2)19-8-6-5-7-9-19/h5-17H,4H2,1-3H3,(H,23,25)/b15-12+. The second kappa shape index (κ2) is 10.2. The summed E-state index contributed by atoms with van der Waals surface area (Å²) in [4.78, 5) is 24.2. The zero-order valence-electron chi connectivity index (χ0n) is 15.8. The zero-order valence-corrected chi connectivity index (χ0v) is 15.8. The van der Waals surface area contributed by atoms with E-state index in [1.165, 1.54) is 6.08 Å². The van der Waals surface area contributed by atoms with Gasteiger partial charge < -0.3 is 14.8 Å². The highest BCUT2D eigenvalue weighted by atomic mass is 16.5. The predicted octanol–water partition coefficient (Wildman–Crippen LogP) is 3.91. The minimum atomic E-state index is -0.881. The highest BCUT2D eigenvalue weighted by molar-refractivity contribution is 5.90. The normalized spacial score (nSPS) is 13.0. The Bertz CT molecular complexity index is 769. The van der Waals surface area contributed by atoms with Gasteiger partial charge in [0.1, 0.15) is 5.75 Å². The lowest BCUT2D eigenvalue weighted by molar-refractivity contribution is -0.150. The third-order valence-corrected chi connectivity index (χ3v) is 3.92. The molecule has 0 aromatic heterocycles. The lowest BCUT2D eigenvalue weighted by atomic mass is 10.1. The molecule has 1 N–H and O–H groups in total. The second-order valence-electron chi connectivity index (χ2n) is 6.06. The molecule has 2 unspecified atom stereocenters. The fraction of sp³-hybridized carbons (Fsp3) is 0.273. The van der Waals surface area contributed by atoms with Crippen LogP contribution in [-0.4, -0.2) is 24.6 Å². The lowest BCUT2D eigenvalue weighted by Crippen LogP contribution is -2.37. The lowest BCUT2D eigenvalue weighted by Gasteiger charge is -2.17. The Morgan fingerprint density at radius 1 is 1.04 bits per heavy atom. The van der Waals surface area contributed by atoms with Crippen LogP contribution in [0.25, 0.3) is 6.08 Å². The van der Waals surface area contributed by atoms with E-state index in [0.29, 0.717) is 6.61 Å². The van der Waals surface area contributed by atoms with Crippen molar-refractivity contribution in [2.45, 2.75) is 32.9 Å². The number of hydrogen-bond donors (Lipinski definition) is 1. The number of rotatable bonds is 8. The molecule has 0 aliphatic rings. The van der Waals surface area contributed by atoms with Crippen molar-refractivity contribution in [3.8, 4) is 5.75 Å². The molecule has 0 radical (unpaired) electrons. The first-order chi connectivity index (χ1) is 13.0. The third-order valence-electron chi connectivity index (χ3n) is 3.92. The average Bonchev–Trinajstić information content (AvgIpc) is 2.68. The molecular formula is C22H25NO4. The van der Waals surface area contributed by atoms with Gasteiger partial charge in [-0.3, -0.25) is 4.79 Å². The van der Waals surface area contributed by atoms with Crippen molar-refractivity contribution in [3.63, 3.8) is 0 Å². The summed E-state index contributed by atoms with van der Waals surface area (Å²) in [6.07, 6.45) is 2.06. The molecule has 0 bridgehead atoms. The highest BCUT2D eigenvalue weighted by Crippen LogP contribution is 2.14. The van der Waals surface area contributed by atoms with E-state index in [-0.39, 0.29) is 11.9 Å². The number of amides is 1. The van der Waals surface area contributed by atoms with Crippen LogP contribution < -0.4 is 10.1 Å². The van der Waals surface area contributed by atoms with Crippen molar-refractivity contribution in [1.29, 1.82) is 0 Å². The predicted molar refractivity (Wildman–Crippen MR) is 105 cm³/mol.